The van der Waals surface area contributed by atoms with E-state index in [-0.39, 0.29) is 12.6 Å². The Bertz CT molecular complexity index is 313. The predicted molar refractivity (Wildman–Crippen MR) is 64.2 cm³/mol. The van der Waals surface area contributed by atoms with Gasteiger partial charge in [-0.25, -0.2) is 0 Å². The van der Waals surface area contributed by atoms with Gasteiger partial charge in [0.2, 0.25) is 0 Å². The Hall–Kier alpha value is -0.570. The first kappa shape index (κ1) is 12.5. The Morgan fingerprint density at radius 2 is 1.73 bits per heavy atom. The number of hydrogen-bond donors (Lipinski definition) is 2. The molecule has 0 spiro atoms. The second-order valence-corrected chi connectivity index (χ2v) is 4.03. The molecule has 3 N–H and O–H groups in total. The summed E-state index contributed by atoms with van der Waals surface area (Å²) in [7, 11) is 0. The summed E-state index contributed by atoms with van der Waals surface area (Å²) in [5.41, 5.74) is 8.98. The Balaban J connectivity index is 3.20. The summed E-state index contributed by atoms with van der Waals surface area (Å²) in [6.07, 6.45) is 1.77. The normalized spacial score (nSPS) is 12.9. The van der Waals surface area contributed by atoms with E-state index < -0.39 is 0 Å². The molecule has 0 aliphatic carbocycles. The molecule has 1 aromatic carbocycles. The molecule has 0 aromatic heterocycles. The molecule has 0 aliphatic heterocycles. The summed E-state index contributed by atoms with van der Waals surface area (Å²) < 4.78 is 0. The zero-order chi connectivity index (χ0) is 11.4. The number of hydrogen-bond acceptors (Lipinski definition) is 2. The highest BCUT2D eigenvalue weighted by molar-refractivity contribution is 6.32. The van der Waals surface area contributed by atoms with Crippen molar-refractivity contribution >= 4 is 11.6 Å². The van der Waals surface area contributed by atoms with Crippen molar-refractivity contribution < 1.29 is 5.11 Å². The molecule has 0 saturated heterocycles. The lowest BCUT2D eigenvalue weighted by Gasteiger charge is -2.14. The van der Waals surface area contributed by atoms with Crippen LogP contribution in [0.25, 0.3) is 0 Å². The fraction of sp³-hybridized carbons (Fsp3) is 0.500. The van der Waals surface area contributed by atoms with Crippen molar-refractivity contribution in [1.82, 2.24) is 0 Å². The van der Waals surface area contributed by atoms with E-state index in [0.29, 0.717) is 0 Å². The van der Waals surface area contributed by atoms with Crippen LogP contribution in [-0.4, -0.2) is 11.7 Å². The maximum absolute atomic E-state index is 9.03. The van der Waals surface area contributed by atoms with Crippen molar-refractivity contribution in [3.05, 3.63) is 33.8 Å². The first-order valence-electron chi connectivity index (χ1n) is 5.31. The summed E-state index contributed by atoms with van der Waals surface area (Å²) >= 11 is 6.23. The van der Waals surface area contributed by atoms with Crippen LogP contribution in [0.2, 0.25) is 5.02 Å². The Labute approximate surface area is 96.1 Å². The van der Waals surface area contributed by atoms with Crippen LogP contribution < -0.4 is 5.73 Å². The fourth-order valence-electron chi connectivity index (χ4n) is 1.61. The summed E-state index contributed by atoms with van der Waals surface area (Å²) in [6, 6.07) is 3.67. The standard InChI is InChI=1S/C12H18ClNO/c1-3-8-5-10(11(14)7-15)6-9(4-2)12(8)13/h5-6,11,15H,3-4,7,14H2,1-2H3/t11-/m1/s1. The molecule has 1 aromatic rings. The van der Waals surface area contributed by atoms with Gasteiger partial charge in [0.25, 0.3) is 0 Å². The van der Waals surface area contributed by atoms with Gasteiger partial charge in [-0.15, -0.1) is 0 Å². The molecular weight excluding hydrogens is 210 g/mol. The van der Waals surface area contributed by atoms with Crippen LogP contribution in [0.3, 0.4) is 0 Å². The SMILES string of the molecule is CCc1cc([C@H](N)CO)cc(CC)c1Cl. The van der Waals surface area contributed by atoms with Crippen molar-refractivity contribution in [2.45, 2.75) is 32.7 Å². The van der Waals surface area contributed by atoms with E-state index in [4.69, 9.17) is 22.4 Å². The third-order valence-electron chi connectivity index (χ3n) is 2.63. The molecule has 2 nitrogen and oxygen atoms in total. The highest BCUT2D eigenvalue weighted by Gasteiger charge is 2.10. The quantitative estimate of drug-likeness (QED) is 0.830. The maximum atomic E-state index is 9.03. The molecule has 84 valence electrons. The fourth-order valence-corrected chi connectivity index (χ4v) is 1.99. The van der Waals surface area contributed by atoms with Crippen LogP contribution >= 0.6 is 11.6 Å². The molecular formula is C12H18ClNO. The highest BCUT2D eigenvalue weighted by Crippen LogP contribution is 2.26. The smallest absolute Gasteiger partial charge is 0.0624 e. The van der Waals surface area contributed by atoms with Gasteiger partial charge >= 0.3 is 0 Å². The molecule has 0 radical (unpaired) electrons. The zero-order valence-corrected chi connectivity index (χ0v) is 10.0. The van der Waals surface area contributed by atoms with Gasteiger partial charge in [0.05, 0.1) is 12.6 Å². The van der Waals surface area contributed by atoms with E-state index >= 15 is 0 Å². The molecule has 0 bridgehead atoms. The molecule has 1 rings (SSSR count). The van der Waals surface area contributed by atoms with Crippen LogP contribution in [0, 0.1) is 0 Å². The van der Waals surface area contributed by atoms with Crippen LogP contribution in [0.15, 0.2) is 12.1 Å². The lowest BCUT2D eigenvalue weighted by atomic mass is 9.98. The summed E-state index contributed by atoms with van der Waals surface area (Å²) in [4.78, 5) is 0. The van der Waals surface area contributed by atoms with Crippen molar-refractivity contribution in [3.8, 4) is 0 Å². The van der Waals surface area contributed by atoms with Crippen molar-refractivity contribution in [3.63, 3.8) is 0 Å². The lowest BCUT2D eigenvalue weighted by molar-refractivity contribution is 0.268. The van der Waals surface area contributed by atoms with Gasteiger partial charge in [0.1, 0.15) is 0 Å². The monoisotopic (exact) mass is 227 g/mol. The van der Waals surface area contributed by atoms with Gasteiger partial charge in [-0.05, 0) is 29.5 Å². The number of rotatable bonds is 4. The minimum absolute atomic E-state index is 0.0338. The number of aryl methyl sites for hydroxylation is 2. The maximum Gasteiger partial charge on any atom is 0.0624 e. The molecule has 0 heterocycles. The Kier molecular flexibility index (Phi) is 4.58. The summed E-state index contributed by atoms with van der Waals surface area (Å²) in [5, 5.41) is 9.87. The summed E-state index contributed by atoms with van der Waals surface area (Å²) in [5.74, 6) is 0. The molecule has 0 aliphatic rings. The number of aliphatic hydroxyl groups excluding tert-OH is 1. The minimum Gasteiger partial charge on any atom is -0.394 e. The van der Waals surface area contributed by atoms with Crippen molar-refractivity contribution in [1.29, 1.82) is 0 Å². The van der Waals surface area contributed by atoms with Crippen LogP contribution in [0.4, 0.5) is 0 Å². The number of nitrogens with two attached hydrogens (primary N) is 1. The first-order valence-corrected chi connectivity index (χ1v) is 5.69. The van der Waals surface area contributed by atoms with Crippen LogP contribution in [0.1, 0.15) is 36.6 Å². The summed E-state index contributed by atoms with van der Waals surface area (Å²) in [6.45, 7) is 4.09. The second kappa shape index (κ2) is 5.50. The average molecular weight is 228 g/mol. The van der Waals surface area contributed by atoms with E-state index in [0.717, 1.165) is 34.6 Å². The zero-order valence-electron chi connectivity index (χ0n) is 9.26. The lowest BCUT2D eigenvalue weighted by Crippen LogP contribution is -2.15. The molecule has 0 amide bonds. The van der Waals surface area contributed by atoms with E-state index in [1.54, 1.807) is 0 Å². The second-order valence-electron chi connectivity index (χ2n) is 3.65. The van der Waals surface area contributed by atoms with Gasteiger partial charge in [-0.1, -0.05) is 37.6 Å². The van der Waals surface area contributed by atoms with Crippen LogP contribution in [0.5, 0.6) is 0 Å². The third-order valence-corrected chi connectivity index (χ3v) is 3.12. The molecule has 0 unspecified atom stereocenters. The minimum atomic E-state index is -0.308. The molecule has 1 atom stereocenters. The Morgan fingerprint density at radius 3 is 2.07 bits per heavy atom. The first-order chi connectivity index (χ1) is 7.13. The third kappa shape index (κ3) is 2.71. The number of benzene rings is 1. The van der Waals surface area contributed by atoms with Gasteiger partial charge in [0.15, 0.2) is 0 Å². The van der Waals surface area contributed by atoms with E-state index in [2.05, 4.69) is 13.8 Å². The van der Waals surface area contributed by atoms with Gasteiger partial charge in [-0.2, -0.15) is 0 Å². The van der Waals surface area contributed by atoms with Gasteiger partial charge < -0.3 is 10.8 Å². The van der Waals surface area contributed by atoms with E-state index in [9.17, 15) is 0 Å². The van der Waals surface area contributed by atoms with Crippen molar-refractivity contribution in [2.75, 3.05) is 6.61 Å². The van der Waals surface area contributed by atoms with Crippen molar-refractivity contribution in [2.24, 2.45) is 5.73 Å². The van der Waals surface area contributed by atoms with Crippen LogP contribution in [-0.2, 0) is 12.8 Å². The van der Waals surface area contributed by atoms with E-state index in [1.165, 1.54) is 0 Å². The molecule has 0 saturated carbocycles. The van der Waals surface area contributed by atoms with Gasteiger partial charge in [0, 0.05) is 5.02 Å². The van der Waals surface area contributed by atoms with Gasteiger partial charge in [-0.3, -0.25) is 0 Å². The highest BCUT2D eigenvalue weighted by atomic mass is 35.5. The number of aliphatic hydroxyl groups is 1. The topological polar surface area (TPSA) is 46.2 Å². The molecule has 3 heteroatoms. The predicted octanol–water partition coefficient (Wildman–Crippen LogP) is 2.46. The Morgan fingerprint density at radius 1 is 1.27 bits per heavy atom. The molecule has 15 heavy (non-hydrogen) atoms. The van der Waals surface area contributed by atoms with E-state index in [1.807, 2.05) is 12.1 Å². The average Bonchev–Trinajstić information content (AvgIpc) is 2.28. The number of halogens is 1. The molecule has 0 fully saturated rings. The largest absolute Gasteiger partial charge is 0.394 e.